The van der Waals surface area contributed by atoms with Crippen LogP contribution in [0.4, 0.5) is 17.6 Å². The van der Waals surface area contributed by atoms with E-state index in [9.17, 15) is 22.4 Å². The molecular formula is C19H28F4O2. The molecule has 0 aliphatic heterocycles. The third-order valence-electron chi connectivity index (χ3n) is 3.46. The molecule has 0 aromatic heterocycles. The van der Waals surface area contributed by atoms with Crippen molar-refractivity contribution in [1.29, 1.82) is 0 Å². The van der Waals surface area contributed by atoms with Crippen LogP contribution in [0.5, 0.6) is 5.75 Å². The van der Waals surface area contributed by atoms with Gasteiger partial charge in [0, 0.05) is 6.07 Å². The molecule has 0 aliphatic rings. The summed E-state index contributed by atoms with van der Waals surface area (Å²) in [6, 6.07) is 0.0648. The average Bonchev–Trinajstić information content (AvgIpc) is 2.49. The standard InChI is InChI=1S/C17H22F4O2.C2H6/c1-16(2,3)6-7-17(4,5)9-12(22)23-15-13(20)10(18)8-11(19)14(15)21;1-2/h8H,6-7,9H2,1-5H3;1-2H3. The molecular weight excluding hydrogens is 336 g/mol. The van der Waals surface area contributed by atoms with Crippen LogP contribution in [0.2, 0.25) is 0 Å². The lowest BCUT2D eigenvalue weighted by atomic mass is 9.78. The van der Waals surface area contributed by atoms with Gasteiger partial charge in [-0.2, -0.15) is 8.78 Å². The third kappa shape index (κ3) is 7.88. The Morgan fingerprint density at radius 1 is 0.920 bits per heavy atom. The molecule has 0 aliphatic carbocycles. The molecule has 1 aromatic rings. The summed E-state index contributed by atoms with van der Waals surface area (Å²) in [7, 11) is 0. The zero-order chi connectivity index (χ0) is 20.0. The third-order valence-corrected chi connectivity index (χ3v) is 3.46. The molecule has 0 bridgehead atoms. The van der Waals surface area contributed by atoms with Gasteiger partial charge >= 0.3 is 5.97 Å². The van der Waals surface area contributed by atoms with Gasteiger partial charge in [-0.25, -0.2) is 8.78 Å². The van der Waals surface area contributed by atoms with Crippen molar-refractivity contribution in [2.24, 2.45) is 10.8 Å². The molecule has 1 aromatic carbocycles. The molecule has 0 radical (unpaired) electrons. The summed E-state index contributed by atoms with van der Waals surface area (Å²) in [4.78, 5) is 11.9. The molecule has 0 unspecified atom stereocenters. The Hall–Kier alpha value is -1.59. The topological polar surface area (TPSA) is 26.3 Å². The fourth-order valence-electron chi connectivity index (χ4n) is 1.98. The largest absolute Gasteiger partial charge is 0.420 e. The smallest absolute Gasteiger partial charge is 0.311 e. The van der Waals surface area contributed by atoms with Crippen LogP contribution in [0.3, 0.4) is 0 Å². The minimum atomic E-state index is -1.72. The lowest BCUT2D eigenvalue weighted by Gasteiger charge is -2.28. The van der Waals surface area contributed by atoms with Crippen LogP contribution in [-0.2, 0) is 4.79 Å². The van der Waals surface area contributed by atoms with E-state index < -0.39 is 40.4 Å². The minimum Gasteiger partial charge on any atom is -0.420 e. The molecule has 1 rings (SSSR count). The van der Waals surface area contributed by atoms with E-state index >= 15 is 0 Å². The number of carbonyl (C=O) groups excluding carboxylic acids is 1. The normalized spacial score (nSPS) is 11.6. The first-order chi connectivity index (χ1) is 11.3. The maximum Gasteiger partial charge on any atom is 0.311 e. The lowest BCUT2D eigenvalue weighted by molar-refractivity contribution is -0.137. The lowest BCUT2D eigenvalue weighted by Crippen LogP contribution is -2.23. The minimum absolute atomic E-state index is 0.0648. The fraction of sp³-hybridized carbons (Fsp3) is 0.632. The van der Waals surface area contributed by atoms with Gasteiger partial charge in [0.15, 0.2) is 11.6 Å². The Bertz CT molecular complexity index is 564. The second kappa shape index (κ2) is 9.20. The Morgan fingerprint density at radius 3 is 1.76 bits per heavy atom. The summed E-state index contributed by atoms with van der Waals surface area (Å²) in [6.45, 7) is 13.8. The van der Waals surface area contributed by atoms with Crippen molar-refractivity contribution in [1.82, 2.24) is 0 Å². The molecule has 2 nitrogen and oxygen atoms in total. The van der Waals surface area contributed by atoms with E-state index in [1.165, 1.54) is 0 Å². The SMILES string of the molecule is CC.CC(C)(C)CCC(C)(C)CC(=O)Oc1c(F)c(F)cc(F)c1F. The predicted octanol–water partition coefficient (Wildman–Crippen LogP) is 6.42. The van der Waals surface area contributed by atoms with E-state index in [-0.39, 0.29) is 17.9 Å². The van der Waals surface area contributed by atoms with Crippen LogP contribution < -0.4 is 4.74 Å². The van der Waals surface area contributed by atoms with Crippen molar-refractivity contribution in [3.05, 3.63) is 29.3 Å². The summed E-state index contributed by atoms with van der Waals surface area (Å²) in [5, 5.41) is 0. The Kier molecular flexibility index (Phi) is 8.62. The number of benzene rings is 1. The Balaban J connectivity index is 0.00000277. The van der Waals surface area contributed by atoms with E-state index in [1.807, 2.05) is 27.7 Å². The van der Waals surface area contributed by atoms with E-state index in [1.54, 1.807) is 0 Å². The van der Waals surface area contributed by atoms with Gasteiger partial charge in [-0.1, -0.05) is 48.5 Å². The van der Waals surface area contributed by atoms with Crippen molar-refractivity contribution in [3.63, 3.8) is 0 Å². The van der Waals surface area contributed by atoms with E-state index in [2.05, 4.69) is 25.5 Å². The van der Waals surface area contributed by atoms with E-state index in [4.69, 9.17) is 0 Å². The molecule has 0 atom stereocenters. The molecule has 0 heterocycles. The molecule has 0 fully saturated rings. The van der Waals surface area contributed by atoms with Crippen LogP contribution in [0.25, 0.3) is 0 Å². The van der Waals surface area contributed by atoms with Gasteiger partial charge in [-0.05, 0) is 23.7 Å². The number of hydrogen-bond acceptors (Lipinski definition) is 2. The summed E-state index contributed by atoms with van der Waals surface area (Å²) in [6.07, 6.45) is 1.40. The highest BCUT2D eigenvalue weighted by molar-refractivity contribution is 5.73. The van der Waals surface area contributed by atoms with Gasteiger partial charge < -0.3 is 4.74 Å². The first-order valence-corrected chi connectivity index (χ1v) is 8.36. The summed E-state index contributed by atoms with van der Waals surface area (Å²) in [5.74, 6) is -8.93. The summed E-state index contributed by atoms with van der Waals surface area (Å²) < 4.78 is 57.7. The highest BCUT2D eigenvalue weighted by atomic mass is 19.2. The van der Waals surface area contributed by atoms with E-state index in [0.717, 1.165) is 6.42 Å². The highest BCUT2D eigenvalue weighted by Crippen LogP contribution is 2.34. The van der Waals surface area contributed by atoms with Crippen LogP contribution in [0.15, 0.2) is 6.07 Å². The second-order valence-corrected chi connectivity index (χ2v) is 7.67. The molecule has 0 saturated heterocycles. The van der Waals surface area contributed by atoms with E-state index in [0.29, 0.717) is 6.42 Å². The highest BCUT2D eigenvalue weighted by Gasteiger charge is 2.28. The zero-order valence-corrected chi connectivity index (χ0v) is 16.0. The van der Waals surface area contributed by atoms with Gasteiger partial charge in [0.25, 0.3) is 0 Å². The molecule has 25 heavy (non-hydrogen) atoms. The maximum absolute atomic E-state index is 13.5. The quantitative estimate of drug-likeness (QED) is 0.261. The van der Waals surface area contributed by atoms with Crippen LogP contribution in [0.1, 0.15) is 67.7 Å². The van der Waals surface area contributed by atoms with Gasteiger partial charge in [0.2, 0.25) is 17.4 Å². The van der Waals surface area contributed by atoms with Crippen LogP contribution >= 0.6 is 0 Å². The number of carbonyl (C=O) groups is 1. The van der Waals surface area contributed by atoms with Crippen molar-refractivity contribution < 1.29 is 27.1 Å². The number of esters is 1. The molecule has 144 valence electrons. The van der Waals surface area contributed by atoms with Gasteiger partial charge in [-0.3, -0.25) is 4.79 Å². The Morgan fingerprint density at radius 2 is 1.36 bits per heavy atom. The molecule has 6 heteroatoms. The molecule has 0 amide bonds. The zero-order valence-electron chi connectivity index (χ0n) is 16.0. The first-order valence-electron chi connectivity index (χ1n) is 8.36. The van der Waals surface area contributed by atoms with Crippen molar-refractivity contribution in [2.45, 2.75) is 67.7 Å². The molecule has 0 saturated carbocycles. The van der Waals surface area contributed by atoms with Crippen LogP contribution in [0, 0.1) is 34.1 Å². The molecule has 0 N–H and O–H groups in total. The van der Waals surface area contributed by atoms with Crippen molar-refractivity contribution in [2.75, 3.05) is 0 Å². The van der Waals surface area contributed by atoms with Gasteiger partial charge in [0.1, 0.15) is 0 Å². The molecule has 0 spiro atoms. The van der Waals surface area contributed by atoms with Gasteiger partial charge in [0.05, 0.1) is 6.42 Å². The average molecular weight is 364 g/mol. The summed E-state index contributed by atoms with van der Waals surface area (Å²) >= 11 is 0. The monoisotopic (exact) mass is 364 g/mol. The first kappa shape index (κ1) is 23.4. The second-order valence-electron chi connectivity index (χ2n) is 7.67. The number of rotatable bonds is 5. The number of ether oxygens (including phenoxy) is 1. The van der Waals surface area contributed by atoms with Crippen molar-refractivity contribution >= 4 is 5.97 Å². The summed E-state index contributed by atoms with van der Waals surface area (Å²) in [5.41, 5.74) is -0.395. The van der Waals surface area contributed by atoms with Crippen LogP contribution in [-0.4, -0.2) is 5.97 Å². The fourth-order valence-corrected chi connectivity index (χ4v) is 1.98. The van der Waals surface area contributed by atoms with Gasteiger partial charge in [-0.15, -0.1) is 0 Å². The number of hydrogen-bond donors (Lipinski definition) is 0. The van der Waals surface area contributed by atoms with Crippen molar-refractivity contribution in [3.8, 4) is 5.75 Å². The predicted molar refractivity (Wildman–Crippen MR) is 90.3 cm³/mol. The number of halogens is 4. The maximum atomic E-state index is 13.5. The Labute approximate surface area is 147 Å².